The zero-order valence-corrected chi connectivity index (χ0v) is 16.1. The molecule has 0 radical (unpaired) electrons. The highest BCUT2D eigenvalue weighted by molar-refractivity contribution is 5.19. The molecule has 1 atom stereocenters. The number of unbranched alkanes of at least 4 members (excludes halogenated alkanes) is 6. The van der Waals surface area contributed by atoms with Crippen LogP contribution in [0.2, 0.25) is 0 Å². The maximum atomic E-state index is 2.33. The molecule has 0 aliphatic rings. The molecule has 0 aliphatic heterocycles. The Balaban J connectivity index is 1.61. The Morgan fingerprint density at radius 2 is 1.16 bits per heavy atom. The summed E-state index contributed by atoms with van der Waals surface area (Å²) >= 11 is 0. The number of aryl methyl sites for hydroxylation is 1. The molecule has 2 rings (SSSR count). The Morgan fingerprint density at radius 3 is 1.84 bits per heavy atom. The van der Waals surface area contributed by atoms with E-state index in [1.54, 1.807) is 5.56 Å². The van der Waals surface area contributed by atoms with Gasteiger partial charge in [0, 0.05) is 0 Å². The Hall–Kier alpha value is -1.56. The van der Waals surface area contributed by atoms with Gasteiger partial charge in [-0.2, -0.15) is 0 Å². The lowest BCUT2D eigenvalue weighted by molar-refractivity contribution is 0.496. The zero-order chi connectivity index (χ0) is 17.6. The molecule has 0 saturated heterocycles. The number of benzene rings is 2. The summed E-state index contributed by atoms with van der Waals surface area (Å²) in [5.74, 6) is 0.775. The Morgan fingerprint density at radius 1 is 0.600 bits per heavy atom. The van der Waals surface area contributed by atoms with Crippen molar-refractivity contribution >= 4 is 0 Å². The third-order valence-corrected chi connectivity index (χ3v) is 5.29. The summed E-state index contributed by atoms with van der Waals surface area (Å²) in [5, 5.41) is 0. The van der Waals surface area contributed by atoms with Crippen LogP contribution in [0, 0.1) is 0 Å². The van der Waals surface area contributed by atoms with Gasteiger partial charge in [-0.1, -0.05) is 113 Å². The van der Waals surface area contributed by atoms with Gasteiger partial charge in [0.05, 0.1) is 0 Å². The molecule has 0 fully saturated rings. The van der Waals surface area contributed by atoms with E-state index in [4.69, 9.17) is 0 Å². The highest BCUT2D eigenvalue weighted by atomic mass is 14.2. The Labute approximate surface area is 155 Å². The van der Waals surface area contributed by atoms with Gasteiger partial charge in [-0.05, 0) is 42.7 Å². The van der Waals surface area contributed by atoms with Crippen LogP contribution < -0.4 is 0 Å². The van der Waals surface area contributed by atoms with E-state index in [-0.39, 0.29) is 0 Å². The molecule has 0 aromatic heterocycles. The topological polar surface area (TPSA) is 0 Å². The molecule has 0 heterocycles. The van der Waals surface area contributed by atoms with E-state index in [9.17, 15) is 0 Å². The minimum atomic E-state index is 0.775. The summed E-state index contributed by atoms with van der Waals surface area (Å²) in [6.45, 7) is 2.30. The summed E-state index contributed by atoms with van der Waals surface area (Å²) in [7, 11) is 0. The molecule has 0 aliphatic carbocycles. The van der Waals surface area contributed by atoms with Crippen LogP contribution in [0.3, 0.4) is 0 Å². The molecule has 2 aromatic rings. The van der Waals surface area contributed by atoms with E-state index in [0.29, 0.717) is 0 Å². The van der Waals surface area contributed by atoms with Gasteiger partial charge in [0.1, 0.15) is 0 Å². The molecule has 0 N–H and O–H groups in total. The first-order valence-electron chi connectivity index (χ1n) is 10.5. The second-order valence-corrected chi connectivity index (χ2v) is 7.40. The van der Waals surface area contributed by atoms with E-state index < -0.39 is 0 Å². The van der Waals surface area contributed by atoms with Crippen molar-refractivity contribution in [2.45, 2.75) is 83.5 Å². The highest BCUT2D eigenvalue weighted by Crippen LogP contribution is 2.28. The molecule has 25 heavy (non-hydrogen) atoms. The van der Waals surface area contributed by atoms with Crippen LogP contribution in [0.5, 0.6) is 0 Å². The van der Waals surface area contributed by atoms with Crippen molar-refractivity contribution < 1.29 is 0 Å². The lowest BCUT2D eigenvalue weighted by atomic mass is 9.88. The van der Waals surface area contributed by atoms with Gasteiger partial charge in [-0.3, -0.25) is 0 Å². The summed E-state index contributed by atoms with van der Waals surface area (Å²) in [5.41, 5.74) is 3.05. The van der Waals surface area contributed by atoms with Gasteiger partial charge in [-0.25, -0.2) is 0 Å². The number of hydrogen-bond donors (Lipinski definition) is 0. The van der Waals surface area contributed by atoms with Gasteiger partial charge < -0.3 is 0 Å². The molecule has 1 unspecified atom stereocenters. The second-order valence-electron chi connectivity index (χ2n) is 7.40. The molecular weight excluding hydrogens is 300 g/mol. The summed E-state index contributed by atoms with van der Waals surface area (Å²) in [6, 6.07) is 22.1. The standard InChI is InChI=1S/C25H36/c1-2-3-9-19-24(25-21-14-8-15-22-25)20-13-6-4-5-10-16-23-17-11-7-12-18-23/h7-8,11-12,14-15,17-18,21-22,24H,2-6,9-10,13,16,19-20H2,1H3. The van der Waals surface area contributed by atoms with Crippen molar-refractivity contribution in [3.05, 3.63) is 71.8 Å². The smallest absolute Gasteiger partial charge is 0.0162 e. The molecule has 0 heteroatoms. The van der Waals surface area contributed by atoms with E-state index >= 15 is 0 Å². The van der Waals surface area contributed by atoms with E-state index in [2.05, 4.69) is 67.6 Å². The zero-order valence-electron chi connectivity index (χ0n) is 16.1. The monoisotopic (exact) mass is 336 g/mol. The third kappa shape index (κ3) is 8.38. The summed E-state index contributed by atoms with van der Waals surface area (Å²) < 4.78 is 0. The molecule has 0 spiro atoms. The largest absolute Gasteiger partial charge is 0.0654 e. The van der Waals surface area contributed by atoms with Crippen LogP contribution in [-0.2, 0) is 6.42 Å². The van der Waals surface area contributed by atoms with E-state index in [0.717, 1.165) is 5.92 Å². The van der Waals surface area contributed by atoms with Crippen molar-refractivity contribution in [2.24, 2.45) is 0 Å². The first kappa shape index (κ1) is 19.8. The van der Waals surface area contributed by atoms with Crippen molar-refractivity contribution in [3.8, 4) is 0 Å². The molecule has 0 saturated carbocycles. The molecule has 136 valence electrons. The Bertz CT molecular complexity index is 528. The van der Waals surface area contributed by atoms with Crippen molar-refractivity contribution in [1.29, 1.82) is 0 Å². The van der Waals surface area contributed by atoms with Crippen LogP contribution in [0.25, 0.3) is 0 Å². The average molecular weight is 337 g/mol. The lowest BCUT2D eigenvalue weighted by Crippen LogP contribution is -1.99. The SMILES string of the molecule is CCCCCC(CCCCCCCc1ccccc1)c1ccccc1. The van der Waals surface area contributed by atoms with Gasteiger partial charge in [0.15, 0.2) is 0 Å². The quantitative estimate of drug-likeness (QED) is 0.326. The summed E-state index contributed by atoms with van der Waals surface area (Å²) in [4.78, 5) is 0. The van der Waals surface area contributed by atoms with Crippen LogP contribution in [0.1, 0.15) is 88.2 Å². The van der Waals surface area contributed by atoms with Gasteiger partial charge >= 0.3 is 0 Å². The molecule has 2 aromatic carbocycles. The molecule has 0 bridgehead atoms. The van der Waals surface area contributed by atoms with Gasteiger partial charge in [-0.15, -0.1) is 0 Å². The first-order valence-corrected chi connectivity index (χ1v) is 10.5. The summed E-state index contributed by atoms with van der Waals surface area (Å²) in [6.07, 6.45) is 14.9. The average Bonchev–Trinajstić information content (AvgIpc) is 2.67. The van der Waals surface area contributed by atoms with Crippen LogP contribution in [0.15, 0.2) is 60.7 Å². The maximum Gasteiger partial charge on any atom is -0.0162 e. The van der Waals surface area contributed by atoms with E-state index in [1.165, 1.54) is 76.2 Å². The first-order chi connectivity index (χ1) is 12.4. The fourth-order valence-corrected chi connectivity index (χ4v) is 3.74. The predicted molar refractivity (Wildman–Crippen MR) is 111 cm³/mol. The van der Waals surface area contributed by atoms with Crippen LogP contribution in [-0.4, -0.2) is 0 Å². The number of hydrogen-bond acceptors (Lipinski definition) is 0. The minimum Gasteiger partial charge on any atom is -0.0654 e. The molecule has 0 amide bonds. The lowest BCUT2D eigenvalue weighted by Gasteiger charge is -2.17. The minimum absolute atomic E-state index is 0.775. The predicted octanol–water partition coefficient (Wildman–Crippen LogP) is 7.93. The fourth-order valence-electron chi connectivity index (χ4n) is 3.74. The van der Waals surface area contributed by atoms with Crippen LogP contribution >= 0.6 is 0 Å². The van der Waals surface area contributed by atoms with Crippen molar-refractivity contribution in [1.82, 2.24) is 0 Å². The van der Waals surface area contributed by atoms with Gasteiger partial charge in [0.2, 0.25) is 0 Å². The van der Waals surface area contributed by atoms with Gasteiger partial charge in [0.25, 0.3) is 0 Å². The van der Waals surface area contributed by atoms with Crippen molar-refractivity contribution in [2.75, 3.05) is 0 Å². The Kier molecular flexibility index (Phi) is 10.1. The van der Waals surface area contributed by atoms with E-state index in [1.807, 2.05) is 0 Å². The highest BCUT2D eigenvalue weighted by Gasteiger charge is 2.10. The second kappa shape index (κ2) is 12.8. The molecular formula is C25H36. The third-order valence-electron chi connectivity index (χ3n) is 5.29. The fraction of sp³-hybridized carbons (Fsp3) is 0.520. The van der Waals surface area contributed by atoms with Crippen molar-refractivity contribution in [3.63, 3.8) is 0 Å². The maximum absolute atomic E-state index is 2.33. The van der Waals surface area contributed by atoms with Crippen LogP contribution in [0.4, 0.5) is 0 Å². The normalized spacial score (nSPS) is 12.2. The number of rotatable bonds is 13. The molecule has 0 nitrogen and oxygen atoms in total.